The zero-order valence-electron chi connectivity index (χ0n) is 16.7. The maximum atomic E-state index is 12.1. The molecule has 0 aliphatic carbocycles. The van der Waals surface area contributed by atoms with Crippen molar-refractivity contribution in [3.63, 3.8) is 0 Å². The van der Waals surface area contributed by atoms with Crippen molar-refractivity contribution < 1.29 is 23.9 Å². The largest absolute Gasteiger partial charge is 0.482 e. The number of esters is 1. The molecule has 2 aromatic rings. The second-order valence-corrected chi connectivity index (χ2v) is 7.54. The quantitative estimate of drug-likeness (QED) is 0.470. The van der Waals surface area contributed by atoms with Gasteiger partial charge in [-0.1, -0.05) is 12.2 Å². The molecule has 0 aliphatic heterocycles. The molecule has 0 saturated carbocycles. The number of ether oxygens (including phenoxy) is 2. The van der Waals surface area contributed by atoms with Crippen LogP contribution < -0.4 is 21.1 Å². The summed E-state index contributed by atoms with van der Waals surface area (Å²) >= 11 is 4.79. The predicted molar refractivity (Wildman–Crippen MR) is 114 cm³/mol. The number of thiocarbonyl (C=S) groups is 1. The van der Waals surface area contributed by atoms with Crippen LogP contribution in [-0.4, -0.2) is 40.1 Å². The molecule has 0 unspecified atom stereocenters. The van der Waals surface area contributed by atoms with Gasteiger partial charge in [-0.15, -0.1) is 0 Å². The van der Waals surface area contributed by atoms with E-state index >= 15 is 0 Å². The Morgan fingerprint density at radius 2 is 1.77 bits per heavy atom. The maximum Gasteiger partial charge on any atom is 0.344 e. The maximum absolute atomic E-state index is 12.1. The van der Waals surface area contributed by atoms with Crippen molar-refractivity contribution in [3.8, 4) is 5.75 Å². The minimum absolute atomic E-state index is 0.109. The van der Waals surface area contributed by atoms with Crippen molar-refractivity contribution in [3.05, 3.63) is 53.9 Å². The van der Waals surface area contributed by atoms with Crippen LogP contribution in [-0.2, 0) is 9.53 Å². The molecule has 0 bridgehead atoms. The van der Waals surface area contributed by atoms with Gasteiger partial charge in [0, 0.05) is 11.9 Å². The molecule has 9 nitrogen and oxygen atoms in total. The predicted octanol–water partition coefficient (Wildman–Crippen LogP) is 2.40. The summed E-state index contributed by atoms with van der Waals surface area (Å²) in [6.45, 7) is 5.06. The fourth-order valence-corrected chi connectivity index (χ4v) is 2.28. The minimum atomic E-state index is -0.721. The third-order valence-corrected chi connectivity index (χ3v) is 3.60. The molecule has 158 valence electrons. The summed E-state index contributed by atoms with van der Waals surface area (Å²) in [5, 5.41) is 4.70. The van der Waals surface area contributed by atoms with Gasteiger partial charge in [-0.05, 0) is 57.2 Å². The van der Waals surface area contributed by atoms with Crippen LogP contribution in [0.15, 0.2) is 42.6 Å². The fourth-order valence-electron chi connectivity index (χ4n) is 2.16. The molecule has 0 aliphatic rings. The van der Waals surface area contributed by atoms with Gasteiger partial charge in [0.25, 0.3) is 5.91 Å². The number of nitrogens with one attached hydrogen (secondary N) is 2. The van der Waals surface area contributed by atoms with E-state index in [-0.39, 0.29) is 17.2 Å². The number of nitrogens with two attached hydrogens (primary N) is 1. The molecule has 2 rings (SSSR count). The summed E-state index contributed by atoms with van der Waals surface area (Å²) in [7, 11) is 0. The molecule has 0 saturated heterocycles. The number of nitrogens with zero attached hydrogens (tertiary/aromatic N) is 1. The lowest BCUT2D eigenvalue weighted by atomic mass is 10.2. The Morgan fingerprint density at radius 1 is 1.10 bits per heavy atom. The van der Waals surface area contributed by atoms with Crippen molar-refractivity contribution in [2.24, 2.45) is 5.73 Å². The summed E-state index contributed by atoms with van der Waals surface area (Å²) in [5.41, 5.74) is 5.83. The fraction of sp³-hybridized carbons (Fsp3) is 0.250. The molecular weight excluding hydrogens is 408 g/mol. The van der Waals surface area contributed by atoms with E-state index in [9.17, 15) is 14.4 Å². The second kappa shape index (κ2) is 9.79. The molecule has 1 aromatic heterocycles. The normalized spacial score (nSPS) is 10.6. The van der Waals surface area contributed by atoms with Gasteiger partial charge in [0.15, 0.2) is 6.61 Å². The van der Waals surface area contributed by atoms with Crippen molar-refractivity contribution in [1.82, 2.24) is 10.3 Å². The van der Waals surface area contributed by atoms with Crippen LogP contribution in [0.2, 0.25) is 0 Å². The number of benzene rings is 1. The highest BCUT2D eigenvalue weighted by molar-refractivity contribution is 7.80. The molecule has 0 fully saturated rings. The Balaban J connectivity index is 1.84. The van der Waals surface area contributed by atoms with Crippen LogP contribution in [0.4, 0.5) is 10.5 Å². The van der Waals surface area contributed by atoms with Crippen LogP contribution in [0, 0.1) is 0 Å². The van der Waals surface area contributed by atoms with E-state index in [1.54, 1.807) is 45.0 Å². The first kappa shape index (κ1) is 22.8. The van der Waals surface area contributed by atoms with E-state index in [1.165, 1.54) is 18.3 Å². The van der Waals surface area contributed by atoms with Gasteiger partial charge in [0.2, 0.25) is 0 Å². The van der Waals surface area contributed by atoms with Crippen molar-refractivity contribution in [1.29, 1.82) is 0 Å². The Labute approximate surface area is 179 Å². The average Bonchev–Trinajstić information content (AvgIpc) is 2.66. The van der Waals surface area contributed by atoms with Crippen LogP contribution in [0.5, 0.6) is 5.75 Å². The number of hydrogen-bond acceptors (Lipinski definition) is 7. The molecule has 1 heterocycles. The highest BCUT2D eigenvalue weighted by atomic mass is 32.1. The summed E-state index contributed by atoms with van der Waals surface area (Å²) in [5.74, 6) is -0.697. The molecule has 0 radical (unpaired) electrons. The third-order valence-electron chi connectivity index (χ3n) is 3.39. The van der Waals surface area contributed by atoms with Crippen LogP contribution in [0.3, 0.4) is 0 Å². The second-order valence-electron chi connectivity index (χ2n) is 7.10. The van der Waals surface area contributed by atoms with Crippen LogP contribution in [0.1, 0.15) is 36.8 Å². The summed E-state index contributed by atoms with van der Waals surface area (Å²) < 4.78 is 10.5. The van der Waals surface area contributed by atoms with Gasteiger partial charge in [-0.25, -0.2) is 9.59 Å². The Bertz CT molecular complexity index is 937. The molecule has 0 spiro atoms. The Kier molecular flexibility index (Phi) is 7.43. The van der Waals surface area contributed by atoms with E-state index in [0.29, 0.717) is 17.1 Å². The number of amides is 3. The number of carbonyl (C=O) groups is 3. The van der Waals surface area contributed by atoms with Gasteiger partial charge in [-0.2, -0.15) is 0 Å². The molecule has 10 heteroatoms. The van der Waals surface area contributed by atoms with Crippen molar-refractivity contribution in [2.45, 2.75) is 26.4 Å². The first-order valence-corrected chi connectivity index (χ1v) is 9.27. The Morgan fingerprint density at radius 3 is 2.30 bits per heavy atom. The molecule has 30 heavy (non-hydrogen) atoms. The van der Waals surface area contributed by atoms with Crippen LogP contribution >= 0.6 is 12.2 Å². The number of carbonyl (C=O) groups excluding carboxylic acids is 3. The van der Waals surface area contributed by atoms with Crippen molar-refractivity contribution >= 4 is 40.8 Å². The lowest BCUT2D eigenvalue weighted by Crippen LogP contribution is -2.34. The summed E-state index contributed by atoms with van der Waals surface area (Å²) in [6.07, 6.45) is 1.27. The smallest absolute Gasteiger partial charge is 0.344 e. The van der Waals surface area contributed by atoms with E-state index in [2.05, 4.69) is 15.6 Å². The number of aromatic nitrogens is 1. The molecule has 4 N–H and O–H groups in total. The first-order valence-electron chi connectivity index (χ1n) is 8.86. The van der Waals surface area contributed by atoms with Gasteiger partial charge < -0.3 is 20.5 Å². The van der Waals surface area contributed by atoms with E-state index in [4.69, 9.17) is 27.4 Å². The minimum Gasteiger partial charge on any atom is -0.482 e. The van der Waals surface area contributed by atoms with Crippen molar-refractivity contribution in [2.75, 3.05) is 11.9 Å². The monoisotopic (exact) mass is 430 g/mol. The lowest BCUT2D eigenvalue weighted by Gasteiger charge is -2.19. The first-order chi connectivity index (χ1) is 14.0. The number of rotatable bonds is 6. The van der Waals surface area contributed by atoms with Crippen LogP contribution in [0.25, 0.3) is 0 Å². The average molecular weight is 430 g/mol. The Hall–Kier alpha value is -3.53. The lowest BCUT2D eigenvalue weighted by molar-refractivity contribution is -0.157. The van der Waals surface area contributed by atoms with E-state index in [0.717, 1.165) is 0 Å². The van der Waals surface area contributed by atoms with Gasteiger partial charge >= 0.3 is 12.0 Å². The van der Waals surface area contributed by atoms with E-state index in [1.807, 2.05) is 0 Å². The number of hydrogen-bond donors (Lipinski definition) is 3. The third kappa shape index (κ3) is 7.47. The summed E-state index contributed by atoms with van der Waals surface area (Å²) in [6, 6.07) is 8.49. The molecular formula is C20H22N4O5S. The van der Waals surface area contributed by atoms with E-state index < -0.39 is 23.5 Å². The SMILES string of the molecule is CC(C)(C)OC(=O)COc1ccc(NC(=O)NC(=O)c2ccc(C(N)=S)nc2)cc1. The van der Waals surface area contributed by atoms with Gasteiger partial charge in [-0.3, -0.25) is 15.1 Å². The summed E-state index contributed by atoms with van der Waals surface area (Å²) in [4.78, 5) is 39.8. The highest BCUT2D eigenvalue weighted by Gasteiger charge is 2.16. The number of imide groups is 1. The zero-order chi connectivity index (χ0) is 22.3. The number of urea groups is 1. The topological polar surface area (TPSA) is 133 Å². The zero-order valence-corrected chi connectivity index (χ0v) is 17.5. The standard InChI is InChI=1S/C20H22N4O5S/c1-20(2,3)29-16(25)11-28-14-7-5-13(6-8-14)23-19(27)24-18(26)12-4-9-15(17(21)30)22-10-12/h4-10H,11H2,1-3H3,(H2,21,30)(H2,23,24,26,27). The van der Waals surface area contributed by atoms with Gasteiger partial charge in [0.05, 0.1) is 11.3 Å². The molecule has 1 aromatic carbocycles. The highest BCUT2D eigenvalue weighted by Crippen LogP contribution is 2.16. The molecule has 3 amide bonds. The van der Waals surface area contributed by atoms with Gasteiger partial charge in [0.1, 0.15) is 16.3 Å². The number of pyridine rings is 1. The number of anilines is 1. The molecule has 0 atom stereocenters.